The lowest BCUT2D eigenvalue weighted by molar-refractivity contribution is 0.440. The van der Waals surface area contributed by atoms with Crippen molar-refractivity contribution in [2.75, 3.05) is 6.54 Å². The highest BCUT2D eigenvalue weighted by molar-refractivity contribution is 5.36. The molecular formula is C18H27N. The molecule has 0 radical (unpaired) electrons. The molecule has 1 nitrogen and oxygen atoms in total. The first-order chi connectivity index (χ1) is 9.22. The van der Waals surface area contributed by atoms with Gasteiger partial charge in [-0.05, 0) is 74.1 Å². The van der Waals surface area contributed by atoms with E-state index in [0.29, 0.717) is 6.04 Å². The Bertz CT molecular complexity index is 437. The second-order valence-corrected chi connectivity index (χ2v) is 6.80. The maximum absolute atomic E-state index is 3.75. The van der Waals surface area contributed by atoms with E-state index < -0.39 is 0 Å². The number of aryl methyl sites for hydroxylation is 2. The molecule has 19 heavy (non-hydrogen) atoms. The van der Waals surface area contributed by atoms with E-state index in [0.717, 1.165) is 11.8 Å². The van der Waals surface area contributed by atoms with Crippen molar-refractivity contribution in [1.29, 1.82) is 0 Å². The third kappa shape index (κ3) is 3.02. The van der Waals surface area contributed by atoms with Crippen molar-refractivity contribution < 1.29 is 0 Å². The van der Waals surface area contributed by atoms with Gasteiger partial charge < -0.3 is 5.32 Å². The lowest BCUT2D eigenvalue weighted by Crippen LogP contribution is -2.24. The van der Waals surface area contributed by atoms with E-state index in [1.807, 2.05) is 0 Å². The van der Waals surface area contributed by atoms with Gasteiger partial charge in [0, 0.05) is 6.04 Å². The molecule has 1 saturated carbocycles. The first kappa shape index (κ1) is 13.2. The topological polar surface area (TPSA) is 12.0 Å². The van der Waals surface area contributed by atoms with Crippen LogP contribution in [0.5, 0.6) is 0 Å². The van der Waals surface area contributed by atoms with Crippen LogP contribution < -0.4 is 5.32 Å². The number of rotatable bonds is 4. The van der Waals surface area contributed by atoms with Crippen LogP contribution in [0, 0.1) is 11.8 Å². The van der Waals surface area contributed by atoms with E-state index in [9.17, 15) is 0 Å². The van der Waals surface area contributed by atoms with Gasteiger partial charge in [0.1, 0.15) is 0 Å². The van der Waals surface area contributed by atoms with Gasteiger partial charge in [-0.15, -0.1) is 0 Å². The third-order valence-corrected chi connectivity index (χ3v) is 5.14. The Morgan fingerprint density at radius 3 is 2.84 bits per heavy atom. The second-order valence-electron chi connectivity index (χ2n) is 6.80. The van der Waals surface area contributed by atoms with Crippen LogP contribution in [0.1, 0.15) is 62.3 Å². The molecular weight excluding hydrogens is 230 g/mol. The maximum atomic E-state index is 3.75. The highest BCUT2D eigenvalue weighted by Crippen LogP contribution is 2.30. The summed E-state index contributed by atoms with van der Waals surface area (Å²) in [6, 6.07) is 7.63. The average molecular weight is 257 g/mol. The Morgan fingerprint density at radius 1 is 1.21 bits per heavy atom. The van der Waals surface area contributed by atoms with E-state index in [4.69, 9.17) is 0 Å². The molecule has 3 atom stereocenters. The summed E-state index contributed by atoms with van der Waals surface area (Å²) in [6.07, 6.45) is 8.20. The smallest absolute Gasteiger partial charge is 0.0292 e. The molecule has 3 rings (SSSR count). The van der Waals surface area contributed by atoms with Gasteiger partial charge in [-0.1, -0.05) is 31.5 Å². The van der Waals surface area contributed by atoms with Crippen molar-refractivity contribution in [3.05, 3.63) is 34.9 Å². The fraction of sp³-hybridized carbons (Fsp3) is 0.667. The van der Waals surface area contributed by atoms with E-state index >= 15 is 0 Å². The molecule has 0 spiro atoms. The zero-order chi connectivity index (χ0) is 13.2. The molecule has 3 unspecified atom stereocenters. The van der Waals surface area contributed by atoms with Gasteiger partial charge in [-0.25, -0.2) is 0 Å². The van der Waals surface area contributed by atoms with Gasteiger partial charge >= 0.3 is 0 Å². The summed E-state index contributed by atoms with van der Waals surface area (Å²) in [7, 11) is 0. The van der Waals surface area contributed by atoms with Crippen LogP contribution in [0.25, 0.3) is 0 Å². The van der Waals surface area contributed by atoms with Crippen LogP contribution in [0.3, 0.4) is 0 Å². The molecule has 2 aliphatic carbocycles. The Morgan fingerprint density at radius 2 is 2.05 bits per heavy atom. The summed E-state index contributed by atoms with van der Waals surface area (Å²) in [5.41, 5.74) is 4.66. The summed E-state index contributed by atoms with van der Waals surface area (Å²) < 4.78 is 0. The zero-order valence-electron chi connectivity index (χ0n) is 12.4. The predicted molar refractivity (Wildman–Crippen MR) is 81.4 cm³/mol. The molecule has 1 aromatic rings. The molecule has 1 heteroatoms. The Hall–Kier alpha value is -0.820. The van der Waals surface area contributed by atoms with E-state index in [-0.39, 0.29) is 0 Å². The molecule has 0 aliphatic heterocycles. The number of nitrogens with one attached hydrogen (secondary N) is 1. The van der Waals surface area contributed by atoms with Crippen molar-refractivity contribution in [2.45, 2.75) is 58.4 Å². The molecule has 1 fully saturated rings. The highest BCUT2D eigenvalue weighted by Gasteiger charge is 2.21. The average Bonchev–Trinajstić information content (AvgIpc) is 3.03. The molecule has 0 bridgehead atoms. The van der Waals surface area contributed by atoms with Crippen LogP contribution in [-0.2, 0) is 12.8 Å². The summed E-state index contributed by atoms with van der Waals surface area (Å²) in [5.74, 6) is 1.86. The fourth-order valence-corrected chi connectivity index (χ4v) is 3.83. The van der Waals surface area contributed by atoms with E-state index in [1.165, 1.54) is 50.6 Å². The monoisotopic (exact) mass is 257 g/mol. The van der Waals surface area contributed by atoms with Crippen LogP contribution in [0.2, 0.25) is 0 Å². The minimum atomic E-state index is 0.502. The van der Waals surface area contributed by atoms with Gasteiger partial charge in [0.25, 0.3) is 0 Å². The molecule has 1 aromatic carbocycles. The van der Waals surface area contributed by atoms with Crippen molar-refractivity contribution in [1.82, 2.24) is 5.32 Å². The van der Waals surface area contributed by atoms with Crippen LogP contribution in [0.4, 0.5) is 0 Å². The molecule has 0 heterocycles. The lowest BCUT2D eigenvalue weighted by Gasteiger charge is -2.18. The zero-order valence-corrected chi connectivity index (χ0v) is 12.4. The van der Waals surface area contributed by atoms with E-state index in [2.05, 4.69) is 37.4 Å². The van der Waals surface area contributed by atoms with Gasteiger partial charge in [0.2, 0.25) is 0 Å². The van der Waals surface area contributed by atoms with Gasteiger partial charge in [0.05, 0.1) is 0 Å². The number of hydrogen-bond acceptors (Lipinski definition) is 1. The summed E-state index contributed by atoms with van der Waals surface area (Å²) in [4.78, 5) is 0. The van der Waals surface area contributed by atoms with Crippen molar-refractivity contribution in [2.24, 2.45) is 11.8 Å². The molecule has 0 aromatic heterocycles. The summed E-state index contributed by atoms with van der Waals surface area (Å²) >= 11 is 0. The number of fused-ring (bicyclic) bond motifs is 1. The molecule has 2 aliphatic rings. The Kier molecular flexibility index (Phi) is 3.93. The standard InChI is InChI=1S/C18H27N/c1-13-6-7-15(10-13)12-19-14(2)17-9-8-16-4-3-5-18(16)11-17/h8-9,11,13-15,19H,3-7,10,12H2,1-2H3. The Balaban J connectivity index is 1.56. The lowest BCUT2D eigenvalue weighted by atomic mass is 10.0. The molecule has 0 amide bonds. The van der Waals surface area contributed by atoms with Crippen molar-refractivity contribution >= 4 is 0 Å². The van der Waals surface area contributed by atoms with Crippen molar-refractivity contribution in [3.63, 3.8) is 0 Å². The minimum absolute atomic E-state index is 0.502. The summed E-state index contributed by atoms with van der Waals surface area (Å²) in [6.45, 7) is 5.90. The second kappa shape index (κ2) is 5.66. The van der Waals surface area contributed by atoms with Crippen LogP contribution in [-0.4, -0.2) is 6.54 Å². The van der Waals surface area contributed by atoms with Crippen LogP contribution >= 0.6 is 0 Å². The quantitative estimate of drug-likeness (QED) is 0.849. The SMILES string of the molecule is CC1CCC(CNC(C)c2ccc3c(c2)CCC3)C1. The Labute approximate surface area is 117 Å². The maximum Gasteiger partial charge on any atom is 0.0292 e. The molecule has 0 saturated heterocycles. The minimum Gasteiger partial charge on any atom is -0.310 e. The summed E-state index contributed by atoms with van der Waals surface area (Å²) in [5, 5.41) is 3.75. The predicted octanol–water partition coefficient (Wildman–Crippen LogP) is 4.26. The van der Waals surface area contributed by atoms with Gasteiger partial charge in [0.15, 0.2) is 0 Å². The highest BCUT2D eigenvalue weighted by atomic mass is 14.9. The van der Waals surface area contributed by atoms with Gasteiger partial charge in [-0.3, -0.25) is 0 Å². The first-order valence-electron chi connectivity index (χ1n) is 8.07. The number of hydrogen-bond donors (Lipinski definition) is 1. The van der Waals surface area contributed by atoms with Gasteiger partial charge in [-0.2, -0.15) is 0 Å². The fourth-order valence-electron chi connectivity index (χ4n) is 3.83. The molecule has 1 N–H and O–H groups in total. The van der Waals surface area contributed by atoms with Crippen LogP contribution in [0.15, 0.2) is 18.2 Å². The third-order valence-electron chi connectivity index (χ3n) is 5.14. The molecule has 104 valence electrons. The van der Waals surface area contributed by atoms with E-state index in [1.54, 1.807) is 11.1 Å². The first-order valence-corrected chi connectivity index (χ1v) is 8.07. The normalized spacial score (nSPS) is 27.5. The largest absolute Gasteiger partial charge is 0.310 e. The number of benzene rings is 1. The van der Waals surface area contributed by atoms with Crippen molar-refractivity contribution in [3.8, 4) is 0 Å².